The number of carbonyl (C=O) groups is 2. The molecular formula is C22H25N3O4S. The Bertz CT molecular complexity index is 1030. The average molecular weight is 428 g/mol. The molecule has 1 atom stereocenters. The summed E-state index contributed by atoms with van der Waals surface area (Å²) >= 11 is 0. The number of piperidine rings is 1. The number of aryl methyl sites for hydroxylation is 1. The minimum absolute atomic E-state index is 0.160. The molecule has 2 aliphatic rings. The van der Waals surface area contributed by atoms with Gasteiger partial charge < -0.3 is 0 Å². The number of sulfonamides is 1. The highest BCUT2D eigenvalue weighted by Gasteiger charge is 2.43. The number of nitrogens with one attached hydrogen (secondary N) is 1. The molecule has 2 heterocycles. The predicted molar refractivity (Wildman–Crippen MR) is 113 cm³/mol. The summed E-state index contributed by atoms with van der Waals surface area (Å²) in [4.78, 5) is 29.0. The number of carbonyl (C=O) groups excluding carboxylic acids is 2. The molecule has 7 nitrogen and oxygen atoms in total. The van der Waals surface area contributed by atoms with Gasteiger partial charge in [0.15, 0.2) is 0 Å². The number of imide groups is 1. The van der Waals surface area contributed by atoms with E-state index in [4.69, 9.17) is 0 Å². The molecule has 0 aromatic heterocycles. The van der Waals surface area contributed by atoms with Gasteiger partial charge in [0.2, 0.25) is 15.9 Å². The molecule has 2 aromatic rings. The van der Waals surface area contributed by atoms with E-state index in [2.05, 4.69) is 4.72 Å². The first-order valence-corrected chi connectivity index (χ1v) is 11.6. The highest BCUT2D eigenvalue weighted by Crippen LogP contribution is 2.28. The molecular weight excluding hydrogens is 402 g/mol. The Labute approximate surface area is 176 Å². The second-order valence-electron chi connectivity index (χ2n) is 7.87. The number of anilines is 1. The van der Waals surface area contributed by atoms with E-state index in [1.807, 2.05) is 24.0 Å². The zero-order valence-corrected chi connectivity index (χ0v) is 17.6. The Balaban J connectivity index is 1.38. The lowest BCUT2D eigenvalue weighted by Crippen LogP contribution is -2.50. The summed E-state index contributed by atoms with van der Waals surface area (Å²) in [6.45, 7) is 3.08. The zero-order valence-electron chi connectivity index (χ0n) is 16.8. The maximum Gasteiger partial charge on any atom is 0.251 e. The van der Waals surface area contributed by atoms with E-state index in [1.54, 1.807) is 42.5 Å². The van der Waals surface area contributed by atoms with E-state index in [1.165, 1.54) is 4.90 Å². The Hall–Kier alpha value is -2.55. The van der Waals surface area contributed by atoms with Gasteiger partial charge in [-0.3, -0.25) is 14.5 Å². The molecule has 0 unspecified atom stereocenters. The van der Waals surface area contributed by atoms with Crippen molar-refractivity contribution in [2.75, 3.05) is 18.0 Å². The van der Waals surface area contributed by atoms with Crippen LogP contribution in [0.3, 0.4) is 0 Å². The molecule has 1 N–H and O–H groups in total. The first-order valence-electron chi connectivity index (χ1n) is 10.1. The van der Waals surface area contributed by atoms with E-state index in [0.29, 0.717) is 31.6 Å². The topological polar surface area (TPSA) is 86.8 Å². The monoisotopic (exact) mass is 427 g/mol. The lowest BCUT2D eigenvalue weighted by molar-refractivity contribution is -0.123. The van der Waals surface area contributed by atoms with Gasteiger partial charge in [0.25, 0.3) is 5.91 Å². The van der Waals surface area contributed by atoms with Crippen LogP contribution in [0.15, 0.2) is 59.5 Å². The van der Waals surface area contributed by atoms with Gasteiger partial charge in [0.05, 0.1) is 23.0 Å². The molecule has 8 heteroatoms. The fourth-order valence-electron chi connectivity index (χ4n) is 4.08. The number of amides is 2. The number of benzene rings is 2. The molecule has 0 spiro atoms. The van der Waals surface area contributed by atoms with Crippen molar-refractivity contribution in [3.8, 4) is 0 Å². The normalized spacial score (nSPS) is 21.4. The predicted octanol–water partition coefficient (Wildman–Crippen LogP) is 2.07. The molecule has 0 saturated carbocycles. The van der Waals surface area contributed by atoms with Crippen LogP contribution in [0.4, 0.5) is 5.69 Å². The Kier molecular flexibility index (Phi) is 5.73. The third kappa shape index (κ3) is 4.16. The van der Waals surface area contributed by atoms with Gasteiger partial charge in [-0.2, -0.15) is 0 Å². The molecule has 2 fully saturated rings. The molecule has 2 aliphatic heterocycles. The van der Waals surface area contributed by atoms with E-state index in [0.717, 1.165) is 5.56 Å². The first-order chi connectivity index (χ1) is 14.3. The van der Waals surface area contributed by atoms with Crippen LogP contribution in [0.1, 0.15) is 24.8 Å². The molecule has 0 radical (unpaired) electrons. The first kappa shape index (κ1) is 20.7. The van der Waals surface area contributed by atoms with Crippen LogP contribution in [0, 0.1) is 6.92 Å². The number of hydrogen-bond acceptors (Lipinski definition) is 5. The zero-order chi connectivity index (χ0) is 21.3. The molecule has 0 bridgehead atoms. The largest absolute Gasteiger partial charge is 0.291 e. The summed E-state index contributed by atoms with van der Waals surface area (Å²) < 4.78 is 27.8. The maximum absolute atomic E-state index is 12.9. The minimum Gasteiger partial charge on any atom is -0.291 e. The van der Waals surface area contributed by atoms with Crippen LogP contribution in [0.25, 0.3) is 0 Å². The Morgan fingerprint density at radius 1 is 0.933 bits per heavy atom. The van der Waals surface area contributed by atoms with Crippen molar-refractivity contribution in [2.24, 2.45) is 0 Å². The third-order valence-corrected chi connectivity index (χ3v) is 7.30. The Morgan fingerprint density at radius 2 is 1.57 bits per heavy atom. The third-order valence-electron chi connectivity index (χ3n) is 5.76. The number of likely N-dealkylation sites (tertiary alicyclic amines) is 1. The fourth-order valence-corrected chi connectivity index (χ4v) is 5.41. The van der Waals surface area contributed by atoms with Gasteiger partial charge in [-0.1, -0.05) is 35.9 Å². The molecule has 158 valence electrons. The van der Waals surface area contributed by atoms with Crippen molar-refractivity contribution in [3.63, 3.8) is 0 Å². The second-order valence-corrected chi connectivity index (χ2v) is 9.58. The highest BCUT2D eigenvalue weighted by molar-refractivity contribution is 7.89. The van der Waals surface area contributed by atoms with Crippen LogP contribution in [0.2, 0.25) is 0 Å². The summed E-state index contributed by atoms with van der Waals surface area (Å²) in [5.41, 5.74) is 1.66. The van der Waals surface area contributed by atoms with Crippen molar-refractivity contribution in [1.82, 2.24) is 9.62 Å². The smallest absolute Gasteiger partial charge is 0.251 e. The lowest BCUT2D eigenvalue weighted by Gasteiger charge is -2.34. The van der Waals surface area contributed by atoms with Crippen LogP contribution in [-0.4, -0.2) is 50.3 Å². The quantitative estimate of drug-likeness (QED) is 0.739. The summed E-state index contributed by atoms with van der Waals surface area (Å²) in [7, 11) is -3.56. The summed E-state index contributed by atoms with van der Waals surface area (Å²) in [5, 5.41) is 0. The average Bonchev–Trinajstić information content (AvgIpc) is 3.04. The van der Waals surface area contributed by atoms with Crippen LogP contribution in [-0.2, 0) is 19.6 Å². The van der Waals surface area contributed by atoms with Crippen molar-refractivity contribution < 1.29 is 18.0 Å². The van der Waals surface area contributed by atoms with Crippen LogP contribution in [0.5, 0.6) is 0 Å². The SMILES string of the molecule is Cc1ccc(N2C(=O)C[C@@H](N3CCC(NS(=O)(=O)c4ccccc4)CC3)C2=O)cc1. The van der Waals surface area contributed by atoms with Crippen molar-refractivity contribution in [3.05, 3.63) is 60.2 Å². The van der Waals surface area contributed by atoms with Crippen molar-refractivity contribution in [1.29, 1.82) is 0 Å². The van der Waals surface area contributed by atoms with Gasteiger partial charge in [0.1, 0.15) is 0 Å². The molecule has 2 aromatic carbocycles. The Morgan fingerprint density at radius 3 is 2.20 bits per heavy atom. The van der Waals surface area contributed by atoms with Crippen molar-refractivity contribution in [2.45, 2.75) is 43.2 Å². The van der Waals surface area contributed by atoms with Gasteiger partial charge in [-0.25, -0.2) is 18.0 Å². The van der Waals surface area contributed by atoms with Gasteiger partial charge in [-0.05, 0) is 44.0 Å². The van der Waals surface area contributed by atoms with Crippen LogP contribution < -0.4 is 9.62 Å². The number of nitrogens with zero attached hydrogens (tertiary/aromatic N) is 2. The number of rotatable bonds is 5. The minimum atomic E-state index is -3.56. The molecule has 4 rings (SSSR count). The molecule has 30 heavy (non-hydrogen) atoms. The van der Waals surface area contributed by atoms with E-state index in [-0.39, 0.29) is 29.2 Å². The van der Waals surface area contributed by atoms with E-state index in [9.17, 15) is 18.0 Å². The van der Waals surface area contributed by atoms with E-state index >= 15 is 0 Å². The molecule has 0 aliphatic carbocycles. The summed E-state index contributed by atoms with van der Waals surface area (Å²) in [5.74, 6) is -0.395. The molecule has 2 saturated heterocycles. The van der Waals surface area contributed by atoms with Gasteiger partial charge >= 0.3 is 0 Å². The fraction of sp³-hybridized carbons (Fsp3) is 0.364. The number of hydrogen-bond donors (Lipinski definition) is 1. The lowest BCUT2D eigenvalue weighted by atomic mass is 10.0. The molecule has 2 amide bonds. The standard InChI is InChI=1S/C22H25N3O4S/c1-16-7-9-18(10-8-16)25-21(26)15-20(22(25)27)24-13-11-17(12-14-24)23-30(28,29)19-5-3-2-4-6-19/h2-10,17,20,23H,11-15H2,1H3/t20-/m1/s1. The summed E-state index contributed by atoms with van der Waals surface area (Å²) in [6.07, 6.45) is 1.34. The highest BCUT2D eigenvalue weighted by atomic mass is 32.2. The van der Waals surface area contributed by atoms with Crippen molar-refractivity contribution >= 4 is 27.5 Å². The van der Waals surface area contributed by atoms with Gasteiger partial charge in [0, 0.05) is 19.1 Å². The van der Waals surface area contributed by atoms with E-state index < -0.39 is 16.1 Å². The van der Waals surface area contributed by atoms with Crippen LogP contribution >= 0.6 is 0 Å². The maximum atomic E-state index is 12.9. The summed E-state index contributed by atoms with van der Waals surface area (Å²) in [6, 6.07) is 15.0. The van der Waals surface area contributed by atoms with Gasteiger partial charge in [-0.15, -0.1) is 0 Å². The second kappa shape index (κ2) is 8.29.